The summed E-state index contributed by atoms with van der Waals surface area (Å²) in [5.74, 6) is 0.248. The van der Waals surface area contributed by atoms with Crippen molar-refractivity contribution in [2.45, 2.75) is 33.7 Å². The Bertz CT molecular complexity index is 587. The average molecular weight is 295 g/mol. The number of nitrogens with zero attached hydrogens (tertiary/aromatic N) is 1. The van der Waals surface area contributed by atoms with Crippen LogP contribution >= 0.6 is 0 Å². The fraction of sp³-hybridized carbons (Fsp3) is 0.350. The lowest BCUT2D eigenvalue weighted by Gasteiger charge is -2.25. The molecule has 2 heteroatoms. The third-order valence-electron chi connectivity index (χ3n) is 3.81. The number of amides is 1. The molecule has 0 bridgehead atoms. The third kappa shape index (κ3) is 4.73. The summed E-state index contributed by atoms with van der Waals surface area (Å²) in [6.07, 6.45) is 0.894. The van der Waals surface area contributed by atoms with Gasteiger partial charge in [-0.3, -0.25) is 4.79 Å². The van der Waals surface area contributed by atoms with E-state index in [0.717, 1.165) is 13.0 Å². The predicted octanol–water partition coefficient (Wildman–Crippen LogP) is 4.22. The van der Waals surface area contributed by atoms with Gasteiger partial charge >= 0.3 is 0 Å². The van der Waals surface area contributed by atoms with Crippen molar-refractivity contribution in [2.24, 2.45) is 5.92 Å². The fourth-order valence-corrected chi connectivity index (χ4v) is 2.45. The zero-order valence-corrected chi connectivity index (χ0v) is 13.8. The van der Waals surface area contributed by atoms with Crippen LogP contribution in [-0.2, 0) is 17.8 Å². The quantitative estimate of drug-likeness (QED) is 0.781. The van der Waals surface area contributed by atoms with Gasteiger partial charge in [0, 0.05) is 19.0 Å². The van der Waals surface area contributed by atoms with E-state index in [-0.39, 0.29) is 11.8 Å². The molecule has 2 nitrogen and oxygen atoms in total. The molecule has 1 amide bonds. The van der Waals surface area contributed by atoms with E-state index in [9.17, 15) is 4.79 Å². The van der Waals surface area contributed by atoms with Crippen molar-refractivity contribution in [1.29, 1.82) is 0 Å². The van der Waals surface area contributed by atoms with Gasteiger partial charge in [-0.15, -0.1) is 0 Å². The van der Waals surface area contributed by atoms with Crippen molar-refractivity contribution >= 4 is 5.91 Å². The van der Waals surface area contributed by atoms with Gasteiger partial charge in [0.2, 0.25) is 5.91 Å². The molecule has 0 aliphatic heterocycles. The van der Waals surface area contributed by atoms with E-state index >= 15 is 0 Å². The summed E-state index contributed by atoms with van der Waals surface area (Å²) in [4.78, 5) is 14.4. The van der Waals surface area contributed by atoms with Gasteiger partial charge in [-0.05, 0) is 24.5 Å². The number of aryl methyl sites for hydroxylation is 1. The summed E-state index contributed by atoms with van der Waals surface area (Å²) in [7, 11) is 0. The minimum absolute atomic E-state index is 0.0289. The van der Waals surface area contributed by atoms with Crippen LogP contribution < -0.4 is 0 Å². The first-order valence-corrected chi connectivity index (χ1v) is 7.94. The molecule has 0 radical (unpaired) electrons. The average Bonchev–Trinajstić information content (AvgIpc) is 2.53. The predicted molar refractivity (Wildman–Crippen MR) is 91.6 cm³/mol. The van der Waals surface area contributed by atoms with E-state index < -0.39 is 0 Å². The Morgan fingerprint density at radius 2 is 1.59 bits per heavy atom. The van der Waals surface area contributed by atoms with Gasteiger partial charge in [-0.1, -0.05) is 74.0 Å². The van der Waals surface area contributed by atoms with Crippen LogP contribution in [0.4, 0.5) is 0 Å². The number of carbonyl (C=O) groups excluding carboxylic acids is 1. The molecule has 2 aromatic carbocycles. The van der Waals surface area contributed by atoms with Crippen molar-refractivity contribution in [3.05, 3.63) is 71.3 Å². The van der Waals surface area contributed by atoms with Crippen LogP contribution in [0.1, 0.15) is 30.5 Å². The molecule has 0 spiro atoms. The summed E-state index contributed by atoms with van der Waals surface area (Å²) in [6.45, 7) is 7.45. The van der Waals surface area contributed by atoms with Crippen molar-refractivity contribution in [2.75, 3.05) is 6.54 Å². The molecule has 0 saturated carbocycles. The van der Waals surface area contributed by atoms with E-state index in [1.54, 1.807) is 0 Å². The molecule has 0 aromatic heterocycles. The van der Waals surface area contributed by atoms with E-state index in [0.29, 0.717) is 6.54 Å². The van der Waals surface area contributed by atoms with Crippen LogP contribution in [-0.4, -0.2) is 17.4 Å². The summed E-state index contributed by atoms with van der Waals surface area (Å²) in [6, 6.07) is 18.8. The maximum atomic E-state index is 12.5. The molecule has 0 atom stereocenters. The lowest BCUT2D eigenvalue weighted by Crippen LogP contribution is -2.35. The minimum Gasteiger partial charge on any atom is -0.338 e. The standard InChI is InChI=1S/C20H25NO/c1-16(2)20(22)21(14-13-18-7-5-4-6-8-18)15-19-11-9-17(3)10-12-19/h4-12,16H,13-15H2,1-3H3. The van der Waals surface area contributed by atoms with Gasteiger partial charge < -0.3 is 4.90 Å². The van der Waals surface area contributed by atoms with Crippen molar-refractivity contribution in [3.63, 3.8) is 0 Å². The van der Waals surface area contributed by atoms with Crippen molar-refractivity contribution < 1.29 is 4.79 Å². The Balaban J connectivity index is 2.05. The summed E-state index contributed by atoms with van der Waals surface area (Å²) in [5.41, 5.74) is 3.70. The highest BCUT2D eigenvalue weighted by atomic mass is 16.2. The van der Waals surface area contributed by atoms with Gasteiger partial charge in [-0.25, -0.2) is 0 Å². The number of benzene rings is 2. The first kappa shape index (κ1) is 16.3. The third-order valence-corrected chi connectivity index (χ3v) is 3.81. The van der Waals surface area contributed by atoms with Gasteiger partial charge in [0.15, 0.2) is 0 Å². The number of carbonyl (C=O) groups is 1. The molecular formula is C20H25NO. The Morgan fingerprint density at radius 3 is 2.18 bits per heavy atom. The maximum absolute atomic E-state index is 12.5. The molecule has 0 aliphatic carbocycles. The summed E-state index contributed by atoms with van der Waals surface area (Å²) < 4.78 is 0. The molecule has 0 heterocycles. The SMILES string of the molecule is Cc1ccc(CN(CCc2ccccc2)C(=O)C(C)C)cc1. The molecule has 0 fully saturated rings. The molecule has 0 aliphatic rings. The molecule has 22 heavy (non-hydrogen) atoms. The zero-order chi connectivity index (χ0) is 15.9. The van der Waals surface area contributed by atoms with Gasteiger partial charge in [0.05, 0.1) is 0 Å². The Labute approximate surface area is 133 Å². The number of hydrogen-bond donors (Lipinski definition) is 0. The smallest absolute Gasteiger partial charge is 0.225 e. The molecule has 0 unspecified atom stereocenters. The fourth-order valence-electron chi connectivity index (χ4n) is 2.45. The second kappa shape index (κ2) is 7.79. The van der Waals surface area contributed by atoms with E-state index in [1.807, 2.05) is 36.9 Å². The van der Waals surface area contributed by atoms with Gasteiger partial charge in [0.1, 0.15) is 0 Å². The van der Waals surface area contributed by atoms with Gasteiger partial charge in [-0.2, -0.15) is 0 Å². The lowest BCUT2D eigenvalue weighted by atomic mass is 10.1. The van der Waals surface area contributed by atoms with Crippen LogP contribution in [0.3, 0.4) is 0 Å². The summed E-state index contributed by atoms with van der Waals surface area (Å²) >= 11 is 0. The summed E-state index contributed by atoms with van der Waals surface area (Å²) in [5, 5.41) is 0. The second-order valence-electron chi connectivity index (χ2n) is 6.14. The topological polar surface area (TPSA) is 20.3 Å². The monoisotopic (exact) mass is 295 g/mol. The highest BCUT2D eigenvalue weighted by molar-refractivity contribution is 5.78. The van der Waals surface area contributed by atoms with Crippen LogP contribution in [0, 0.1) is 12.8 Å². The van der Waals surface area contributed by atoms with Crippen LogP contribution in [0.25, 0.3) is 0 Å². The highest BCUT2D eigenvalue weighted by Gasteiger charge is 2.17. The number of rotatable bonds is 6. The first-order chi connectivity index (χ1) is 10.6. The molecule has 116 valence electrons. The van der Waals surface area contributed by atoms with Crippen molar-refractivity contribution in [3.8, 4) is 0 Å². The maximum Gasteiger partial charge on any atom is 0.225 e. The Hall–Kier alpha value is -2.09. The normalized spacial score (nSPS) is 10.7. The lowest BCUT2D eigenvalue weighted by molar-refractivity contribution is -0.135. The highest BCUT2D eigenvalue weighted by Crippen LogP contribution is 2.12. The molecule has 2 rings (SSSR count). The number of hydrogen-bond acceptors (Lipinski definition) is 1. The molecule has 2 aromatic rings. The van der Waals surface area contributed by atoms with E-state index in [1.165, 1.54) is 16.7 Å². The van der Waals surface area contributed by atoms with E-state index in [2.05, 4.69) is 43.3 Å². The molecule has 0 saturated heterocycles. The molecule has 0 N–H and O–H groups in total. The Kier molecular flexibility index (Phi) is 5.76. The van der Waals surface area contributed by atoms with Crippen LogP contribution in [0.2, 0.25) is 0 Å². The van der Waals surface area contributed by atoms with Crippen LogP contribution in [0.5, 0.6) is 0 Å². The largest absolute Gasteiger partial charge is 0.338 e. The van der Waals surface area contributed by atoms with Crippen molar-refractivity contribution in [1.82, 2.24) is 4.90 Å². The second-order valence-corrected chi connectivity index (χ2v) is 6.14. The zero-order valence-electron chi connectivity index (χ0n) is 13.8. The van der Waals surface area contributed by atoms with E-state index in [4.69, 9.17) is 0 Å². The molecular weight excluding hydrogens is 270 g/mol. The van der Waals surface area contributed by atoms with Gasteiger partial charge in [0.25, 0.3) is 0 Å². The first-order valence-electron chi connectivity index (χ1n) is 7.94. The van der Waals surface area contributed by atoms with Crippen LogP contribution in [0.15, 0.2) is 54.6 Å². The minimum atomic E-state index is 0.0289. The Morgan fingerprint density at radius 1 is 0.955 bits per heavy atom.